The first-order valence-electron chi connectivity index (χ1n) is 5.60. The second-order valence-electron chi connectivity index (χ2n) is 5.92. The fourth-order valence-electron chi connectivity index (χ4n) is 1.94. The molecule has 0 saturated carbocycles. The molecule has 86 valence electrons. The molecule has 0 N–H and O–H groups in total. The highest BCUT2D eigenvalue weighted by atomic mass is 15.3. The van der Waals surface area contributed by atoms with Gasteiger partial charge < -0.3 is 0 Å². The molecule has 0 aliphatic heterocycles. The van der Waals surface area contributed by atoms with Crippen molar-refractivity contribution in [1.82, 2.24) is 14.8 Å². The first-order valence-corrected chi connectivity index (χ1v) is 5.60. The Bertz CT molecular complexity index is 295. The SMILES string of the molecule is CC(C)C(C)(Cn1cncn1)C(C)(C)C. The van der Waals surface area contributed by atoms with Gasteiger partial charge in [-0.25, -0.2) is 4.98 Å². The van der Waals surface area contributed by atoms with E-state index in [2.05, 4.69) is 51.6 Å². The van der Waals surface area contributed by atoms with E-state index in [0.29, 0.717) is 5.92 Å². The third kappa shape index (κ3) is 2.39. The first-order chi connectivity index (χ1) is 6.77. The molecular formula is C12H23N3. The smallest absolute Gasteiger partial charge is 0.137 e. The Morgan fingerprint density at radius 3 is 2.13 bits per heavy atom. The zero-order valence-electron chi connectivity index (χ0n) is 10.8. The van der Waals surface area contributed by atoms with E-state index in [1.807, 2.05) is 4.68 Å². The van der Waals surface area contributed by atoms with Gasteiger partial charge in [0.1, 0.15) is 12.7 Å². The van der Waals surface area contributed by atoms with Crippen molar-refractivity contribution in [2.45, 2.75) is 48.1 Å². The van der Waals surface area contributed by atoms with E-state index >= 15 is 0 Å². The van der Waals surface area contributed by atoms with E-state index in [9.17, 15) is 0 Å². The minimum atomic E-state index is 0.223. The van der Waals surface area contributed by atoms with E-state index < -0.39 is 0 Å². The van der Waals surface area contributed by atoms with Gasteiger partial charge in [0.25, 0.3) is 0 Å². The molecule has 0 aliphatic rings. The molecule has 0 radical (unpaired) electrons. The number of nitrogens with zero attached hydrogens (tertiary/aromatic N) is 3. The van der Waals surface area contributed by atoms with Crippen LogP contribution in [0.2, 0.25) is 0 Å². The Morgan fingerprint density at radius 1 is 1.20 bits per heavy atom. The van der Waals surface area contributed by atoms with Gasteiger partial charge in [-0.2, -0.15) is 5.10 Å². The van der Waals surface area contributed by atoms with Crippen LogP contribution in [0.4, 0.5) is 0 Å². The normalized spacial score (nSPS) is 16.7. The van der Waals surface area contributed by atoms with Gasteiger partial charge in [0.2, 0.25) is 0 Å². The summed E-state index contributed by atoms with van der Waals surface area (Å²) >= 11 is 0. The zero-order valence-corrected chi connectivity index (χ0v) is 10.8. The molecule has 1 unspecified atom stereocenters. The summed E-state index contributed by atoms with van der Waals surface area (Å²) in [5.41, 5.74) is 0.480. The van der Waals surface area contributed by atoms with Crippen molar-refractivity contribution in [3.63, 3.8) is 0 Å². The fourth-order valence-corrected chi connectivity index (χ4v) is 1.94. The van der Waals surface area contributed by atoms with Crippen LogP contribution in [-0.4, -0.2) is 14.8 Å². The first kappa shape index (κ1) is 12.2. The fraction of sp³-hybridized carbons (Fsp3) is 0.833. The van der Waals surface area contributed by atoms with Crippen molar-refractivity contribution < 1.29 is 0 Å². The van der Waals surface area contributed by atoms with Crippen molar-refractivity contribution in [2.24, 2.45) is 16.7 Å². The minimum absolute atomic E-state index is 0.223. The van der Waals surface area contributed by atoms with E-state index in [-0.39, 0.29) is 10.8 Å². The highest BCUT2D eigenvalue weighted by Gasteiger charge is 2.40. The largest absolute Gasteiger partial charge is 0.252 e. The van der Waals surface area contributed by atoms with Gasteiger partial charge >= 0.3 is 0 Å². The predicted octanol–water partition coefficient (Wildman–Crippen LogP) is 2.99. The van der Waals surface area contributed by atoms with E-state index in [1.54, 1.807) is 12.7 Å². The van der Waals surface area contributed by atoms with Crippen LogP contribution in [0.5, 0.6) is 0 Å². The maximum absolute atomic E-state index is 4.20. The van der Waals surface area contributed by atoms with Gasteiger partial charge in [0.15, 0.2) is 0 Å². The second kappa shape index (κ2) is 3.95. The molecule has 1 atom stereocenters. The molecule has 1 aromatic rings. The zero-order chi connectivity index (χ0) is 11.7. The summed E-state index contributed by atoms with van der Waals surface area (Å²) in [6.07, 6.45) is 3.40. The molecule has 1 rings (SSSR count). The summed E-state index contributed by atoms with van der Waals surface area (Å²) in [4.78, 5) is 4.00. The van der Waals surface area contributed by atoms with Crippen LogP contribution in [0.25, 0.3) is 0 Å². The molecule has 3 heteroatoms. The third-order valence-corrected chi connectivity index (χ3v) is 3.94. The lowest BCUT2D eigenvalue weighted by atomic mass is 9.62. The monoisotopic (exact) mass is 209 g/mol. The summed E-state index contributed by atoms with van der Waals surface area (Å²) in [6.45, 7) is 14.7. The number of rotatable bonds is 3. The molecule has 15 heavy (non-hydrogen) atoms. The Balaban J connectivity index is 2.93. The molecule has 0 aliphatic carbocycles. The predicted molar refractivity (Wildman–Crippen MR) is 62.4 cm³/mol. The van der Waals surface area contributed by atoms with Crippen LogP contribution < -0.4 is 0 Å². The molecule has 0 amide bonds. The third-order valence-electron chi connectivity index (χ3n) is 3.94. The van der Waals surface area contributed by atoms with Gasteiger partial charge in [-0.3, -0.25) is 4.68 Å². The van der Waals surface area contributed by atoms with Crippen LogP contribution in [0.1, 0.15) is 41.5 Å². The molecule has 3 nitrogen and oxygen atoms in total. The van der Waals surface area contributed by atoms with Crippen LogP contribution in [-0.2, 0) is 6.54 Å². The summed E-state index contributed by atoms with van der Waals surface area (Å²) in [5.74, 6) is 0.613. The molecule has 0 bridgehead atoms. The summed E-state index contributed by atoms with van der Waals surface area (Å²) in [6, 6.07) is 0. The molecule has 0 spiro atoms. The molecular weight excluding hydrogens is 186 g/mol. The van der Waals surface area contributed by atoms with E-state index in [1.165, 1.54) is 0 Å². The quantitative estimate of drug-likeness (QED) is 0.766. The van der Waals surface area contributed by atoms with Crippen molar-refractivity contribution in [3.05, 3.63) is 12.7 Å². The molecule has 0 saturated heterocycles. The Morgan fingerprint density at radius 2 is 1.80 bits per heavy atom. The Labute approximate surface area is 92.9 Å². The maximum atomic E-state index is 4.20. The average Bonchev–Trinajstić information content (AvgIpc) is 2.54. The summed E-state index contributed by atoms with van der Waals surface area (Å²) in [7, 11) is 0. The van der Waals surface area contributed by atoms with Crippen LogP contribution in [0, 0.1) is 16.7 Å². The Hall–Kier alpha value is -0.860. The van der Waals surface area contributed by atoms with Crippen molar-refractivity contribution in [2.75, 3.05) is 0 Å². The van der Waals surface area contributed by atoms with Gasteiger partial charge in [-0.1, -0.05) is 41.5 Å². The average molecular weight is 209 g/mol. The lowest BCUT2D eigenvalue weighted by Crippen LogP contribution is -2.41. The number of aromatic nitrogens is 3. The molecule has 1 aromatic heterocycles. The van der Waals surface area contributed by atoms with E-state index in [4.69, 9.17) is 0 Å². The van der Waals surface area contributed by atoms with Crippen molar-refractivity contribution in [3.8, 4) is 0 Å². The van der Waals surface area contributed by atoms with Crippen LogP contribution in [0.15, 0.2) is 12.7 Å². The standard InChI is InChI=1S/C12H23N3/c1-10(2)12(6,11(3,4)5)7-15-9-13-8-14-15/h8-10H,7H2,1-6H3. The highest BCUT2D eigenvalue weighted by molar-refractivity contribution is 4.88. The maximum Gasteiger partial charge on any atom is 0.137 e. The second-order valence-corrected chi connectivity index (χ2v) is 5.92. The van der Waals surface area contributed by atoms with Crippen molar-refractivity contribution >= 4 is 0 Å². The number of hydrogen-bond donors (Lipinski definition) is 0. The Kier molecular flexibility index (Phi) is 3.22. The number of hydrogen-bond acceptors (Lipinski definition) is 2. The summed E-state index contributed by atoms with van der Waals surface area (Å²) in [5, 5.41) is 4.20. The van der Waals surface area contributed by atoms with Gasteiger partial charge in [0, 0.05) is 6.54 Å². The van der Waals surface area contributed by atoms with Crippen LogP contribution >= 0.6 is 0 Å². The lowest BCUT2D eigenvalue weighted by molar-refractivity contribution is 0.0277. The topological polar surface area (TPSA) is 30.7 Å². The molecule has 1 heterocycles. The highest BCUT2D eigenvalue weighted by Crippen LogP contribution is 2.45. The summed E-state index contributed by atoms with van der Waals surface area (Å²) < 4.78 is 1.94. The van der Waals surface area contributed by atoms with Gasteiger partial charge in [-0.15, -0.1) is 0 Å². The van der Waals surface area contributed by atoms with Crippen LogP contribution in [0.3, 0.4) is 0 Å². The lowest BCUT2D eigenvalue weighted by Gasteiger charge is -2.45. The van der Waals surface area contributed by atoms with Crippen molar-refractivity contribution in [1.29, 1.82) is 0 Å². The molecule has 0 aromatic carbocycles. The van der Waals surface area contributed by atoms with Gasteiger partial charge in [-0.05, 0) is 16.7 Å². The minimum Gasteiger partial charge on any atom is -0.252 e. The molecule has 0 fully saturated rings. The van der Waals surface area contributed by atoms with Gasteiger partial charge in [0.05, 0.1) is 0 Å². The van der Waals surface area contributed by atoms with E-state index in [0.717, 1.165) is 6.54 Å².